The van der Waals surface area contributed by atoms with Crippen LogP contribution in [0.4, 0.5) is 0 Å². The molecule has 2 aliphatic rings. The second-order valence-electron chi connectivity index (χ2n) is 7.60. The molecule has 1 heterocycles. The fourth-order valence-electron chi connectivity index (χ4n) is 3.94. The molecule has 136 valence electrons. The molecule has 1 aliphatic carbocycles. The van der Waals surface area contributed by atoms with Crippen molar-refractivity contribution in [2.45, 2.75) is 43.7 Å². The number of hydrogen-bond acceptors (Lipinski definition) is 2. The van der Waals surface area contributed by atoms with Crippen LogP contribution in [0, 0.1) is 0 Å². The average Bonchev–Trinajstić information content (AvgIpc) is 3.48. The molecule has 4 heteroatoms. The van der Waals surface area contributed by atoms with E-state index < -0.39 is 0 Å². The van der Waals surface area contributed by atoms with Gasteiger partial charge in [-0.15, -0.1) is 0 Å². The Morgan fingerprint density at radius 2 is 1.69 bits per heavy atom. The van der Waals surface area contributed by atoms with Gasteiger partial charge in [-0.3, -0.25) is 9.69 Å². The molecule has 0 bridgehead atoms. The largest absolute Gasteiger partial charge is 0.353 e. The van der Waals surface area contributed by atoms with Crippen molar-refractivity contribution in [3.8, 4) is 0 Å². The Kier molecular flexibility index (Phi) is 5.01. The number of hydrogen-bond donors (Lipinski definition) is 1. The Bertz CT molecular complexity index is 747. The second-order valence-corrected chi connectivity index (χ2v) is 8.03. The minimum Gasteiger partial charge on any atom is -0.353 e. The Morgan fingerprint density at radius 3 is 2.31 bits per heavy atom. The van der Waals surface area contributed by atoms with E-state index in [0.29, 0.717) is 6.04 Å². The van der Waals surface area contributed by atoms with Gasteiger partial charge in [-0.1, -0.05) is 54.1 Å². The van der Waals surface area contributed by atoms with Crippen LogP contribution in [-0.4, -0.2) is 29.9 Å². The van der Waals surface area contributed by atoms with E-state index in [4.69, 9.17) is 11.6 Å². The van der Waals surface area contributed by atoms with Gasteiger partial charge < -0.3 is 5.32 Å². The number of rotatable bonds is 5. The summed E-state index contributed by atoms with van der Waals surface area (Å²) in [5.74, 6) is 0.222. The molecule has 2 fully saturated rings. The maximum Gasteiger partial charge on any atom is 0.230 e. The molecule has 2 aromatic rings. The van der Waals surface area contributed by atoms with Crippen LogP contribution >= 0.6 is 11.6 Å². The smallest absolute Gasteiger partial charge is 0.230 e. The highest BCUT2D eigenvalue weighted by Gasteiger charge is 2.51. The van der Waals surface area contributed by atoms with Crippen LogP contribution in [0.15, 0.2) is 54.6 Å². The van der Waals surface area contributed by atoms with Gasteiger partial charge in [-0.25, -0.2) is 0 Å². The lowest BCUT2D eigenvalue weighted by atomic mass is 9.94. The van der Waals surface area contributed by atoms with Crippen LogP contribution in [0.3, 0.4) is 0 Å². The minimum absolute atomic E-state index is 0.222. The van der Waals surface area contributed by atoms with Gasteiger partial charge >= 0.3 is 0 Å². The van der Waals surface area contributed by atoms with Gasteiger partial charge in [0.2, 0.25) is 5.91 Å². The fraction of sp³-hybridized carbons (Fsp3) is 0.409. The highest BCUT2D eigenvalue weighted by molar-refractivity contribution is 6.30. The summed E-state index contributed by atoms with van der Waals surface area (Å²) in [6.45, 7) is 2.99. The molecule has 1 aliphatic heterocycles. The second kappa shape index (κ2) is 7.42. The highest BCUT2D eigenvalue weighted by atomic mass is 35.5. The summed E-state index contributed by atoms with van der Waals surface area (Å²) in [6, 6.07) is 18.6. The van der Waals surface area contributed by atoms with Crippen molar-refractivity contribution in [2.75, 3.05) is 13.1 Å². The predicted molar refractivity (Wildman–Crippen MR) is 105 cm³/mol. The van der Waals surface area contributed by atoms with E-state index in [-0.39, 0.29) is 11.3 Å². The first kappa shape index (κ1) is 17.6. The molecule has 0 aromatic heterocycles. The molecule has 0 unspecified atom stereocenters. The zero-order chi connectivity index (χ0) is 18.0. The van der Waals surface area contributed by atoms with Gasteiger partial charge in [0, 0.05) is 30.7 Å². The Hall–Kier alpha value is -1.84. The van der Waals surface area contributed by atoms with Crippen molar-refractivity contribution < 1.29 is 4.79 Å². The lowest BCUT2D eigenvalue weighted by Crippen LogP contribution is -2.47. The Balaban J connectivity index is 1.29. The summed E-state index contributed by atoms with van der Waals surface area (Å²) < 4.78 is 0. The van der Waals surface area contributed by atoms with Gasteiger partial charge in [0.1, 0.15) is 0 Å². The average molecular weight is 369 g/mol. The van der Waals surface area contributed by atoms with Gasteiger partial charge in [-0.05, 0) is 48.9 Å². The molecular formula is C22H25ClN2O. The number of nitrogens with zero attached hydrogens (tertiary/aromatic N) is 1. The lowest BCUT2D eigenvalue weighted by Gasteiger charge is -2.33. The fourth-order valence-corrected chi connectivity index (χ4v) is 4.06. The van der Waals surface area contributed by atoms with Crippen molar-refractivity contribution in [3.63, 3.8) is 0 Å². The SMILES string of the molecule is O=C(NC1CCN(Cc2ccc(Cl)cc2)CC1)C1(c2ccccc2)CC1. The van der Waals surface area contributed by atoms with Crippen molar-refractivity contribution in [1.82, 2.24) is 10.2 Å². The van der Waals surface area contributed by atoms with Crippen LogP contribution in [0.2, 0.25) is 5.02 Å². The summed E-state index contributed by atoms with van der Waals surface area (Å²) >= 11 is 5.95. The van der Waals surface area contributed by atoms with Gasteiger partial charge in [0.15, 0.2) is 0 Å². The minimum atomic E-state index is -0.262. The van der Waals surface area contributed by atoms with Crippen LogP contribution in [0.25, 0.3) is 0 Å². The van der Waals surface area contributed by atoms with Crippen molar-refractivity contribution in [3.05, 3.63) is 70.7 Å². The van der Waals surface area contributed by atoms with E-state index in [0.717, 1.165) is 55.9 Å². The number of benzene rings is 2. The molecule has 1 N–H and O–H groups in total. The summed E-state index contributed by atoms with van der Waals surface area (Å²) in [6.07, 6.45) is 3.98. The van der Waals surface area contributed by atoms with Crippen molar-refractivity contribution in [1.29, 1.82) is 0 Å². The number of carbonyl (C=O) groups excluding carboxylic acids is 1. The third-order valence-corrected chi connectivity index (χ3v) is 6.01. The van der Waals surface area contributed by atoms with Gasteiger partial charge in [0.05, 0.1) is 5.41 Å². The van der Waals surface area contributed by atoms with Crippen LogP contribution in [0.1, 0.15) is 36.8 Å². The molecule has 2 aromatic carbocycles. The molecule has 1 amide bonds. The molecule has 1 saturated heterocycles. The summed E-state index contributed by atoms with van der Waals surface area (Å²) in [5, 5.41) is 4.11. The van der Waals surface area contributed by atoms with E-state index in [1.807, 2.05) is 30.3 Å². The number of nitrogens with one attached hydrogen (secondary N) is 1. The number of amides is 1. The third kappa shape index (κ3) is 3.79. The molecule has 4 rings (SSSR count). The topological polar surface area (TPSA) is 32.3 Å². The first-order valence-electron chi connectivity index (χ1n) is 9.49. The number of halogens is 1. The summed E-state index contributed by atoms with van der Waals surface area (Å²) in [7, 11) is 0. The number of piperidine rings is 1. The first-order chi connectivity index (χ1) is 12.7. The van der Waals surface area contributed by atoms with E-state index in [9.17, 15) is 4.79 Å². The molecular weight excluding hydrogens is 344 g/mol. The van der Waals surface area contributed by atoms with Gasteiger partial charge in [-0.2, -0.15) is 0 Å². The molecule has 1 saturated carbocycles. The highest BCUT2D eigenvalue weighted by Crippen LogP contribution is 2.48. The molecule has 0 spiro atoms. The maximum absolute atomic E-state index is 12.9. The zero-order valence-electron chi connectivity index (χ0n) is 15.0. The lowest BCUT2D eigenvalue weighted by molar-refractivity contribution is -0.124. The number of likely N-dealkylation sites (tertiary alicyclic amines) is 1. The zero-order valence-corrected chi connectivity index (χ0v) is 15.7. The van der Waals surface area contributed by atoms with Crippen molar-refractivity contribution in [2.24, 2.45) is 0 Å². The molecule has 26 heavy (non-hydrogen) atoms. The monoisotopic (exact) mass is 368 g/mol. The molecule has 0 atom stereocenters. The maximum atomic E-state index is 12.9. The van der Waals surface area contributed by atoms with Gasteiger partial charge in [0.25, 0.3) is 0 Å². The van der Waals surface area contributed by atoms with E-state index in [1.165, 1.54) is 5.56 Å². The normalized spacial score (nSPS) is 19.9. The summed E-state index contributed by atoms with van der Waals surface area (Å²) in [5.41, 5.74) is 2.19. The standard InChI is InChI=1S/C22H25ClN2O/c23-19-8-6-17(7-9-19)16-25-14-10-20(11-15-25)24-21(26)22(12-13-22)18-4-2-1-3-5-18/h1-9,20H,10-16H2,(H,24,26). The molecule has 0 radical (unpaired) electrons. The quantitative estimate of drug-likeness (QED) is 0.859. The Morgan fingerprint density at radius 1 is 1.04 bits per heavy atom. The Labute approximate surface area is 160 Å². The summed E-state index contributed by atoms with van der Waals surface area (Å²) in [4.78, 5) is 15.3. The van der Waals surface area contributed by atoms with Crippen LogP contribution < -0.4 is 5.32 Å². The first-order valence-corrected chi connectivity index (χ1v) is 9.87. The van der Waals surface area contributed by atoms with E-state index in [2.05, 4.69) is 34.5 Å². The predicted octanol–water partition coefficient (Wildman–Crippen LogP) is 4.15. The molecule has 3 nitrogen and oxygen atoms in total. The van der Waals surface area contributed by atoms with Crippen LogP contribution in [0.5, 0.6) is 0 Å². The van der Waals surface area contributed by atoms with E-state index >= 15 is 0 Å². The third-order valence-electron chi connectivity index (χ3n) is 5.75. The van der Waals surface area contributed by atoms with Crippen molar-refractivity contribution >= 4 is 17.5 Å². The van der Waals surface area contributed by atoms with Crippen LogP contribution in [-0.2, 0) is 16.8 Å². The van der Waals surface area contributed by atoms with E-state index in [1.54, 1.807) is 0 Å². The number of carbonyl (C=O) groups is 1.